The van der Waals surface area contributed by atoms with Crippen molar-refractivity contribution < 1.29 is 9.66 Å². The highest BCUT2D eigenvalue weighted by atomic mass is 32.1. The van der Waals surface area contributed by atoms with E-state index in [1.807, 2.05) is 0 Å². The summed E-state index contributed by atoms with van der Waals surface area (Å²) in [6, 6.07) is 13.1. The van der Waals surface area contributed by atoms with Crippen LogP contribution < -0.4 is 10.3 Å². The SMILES string of the molecule is COc1ccc(N=Nc2c(C)[nH]n(-c3nc(-c4cccc([N+](=O)[O-])c4)cs3)c2=O)cc1. The predicted octanol–water partition coefficient (Wildman–Crippen LogP) is 4.93. The molecule has 4 aromatic rings. The molecule has 0 aliphatic heterocycles. The molecule has 2 aromatic carbocycles. The Labute approximate surface area is 179 Å². The van der Waals surface area contributed by atoms with Gasteiger partial charge in [-0.3, -0.25) is 20.0 Å². The smallest absolute Gasteiger partial charge is 0.301 e. The summed E-state index contributed by atoms with van der Waals surface area (Å²) in [5.41, 5.74) is 1.99. The first-order chi connectivity index (χ1) is 15.0. The third kappa shape index (κ3) is 4.12. The van der Waals surface area contributed by atoms with Crippen LogP contribution in [0.25, 0.3) is 16.4 Å². The van der Waals surface area contributed by atoms with Crippen LogP contribution in [0.5, 0.6) is 5.75 Å². The molecule has 156 valence electrons. The molecular formula is C20H16N6O4S. The Morgan fingerprint density at radius 2 is 1.97 bits per heavy atom. The monoisotopic (exact) mass is 436 g/mol. The highest BCUT2D eigenvalue weighted by molar-refractivity contribution is 7.12. The number of nitro benzene ring substituents is 1. The molecule has 2 heterocycles. The maximum atomic E-state index is 12.8. The highest BCUT2D eigenvalue weighted by Gasteiger charge is 2.16. The summed E-state index contributed by atoms with van der Waals surface area (Å²) in [7, 11) is 1.57. The summed E-state index contributed by atoms with van der Waals surface area (Å²) >= 11 is 1.23. The zero-order valence-electron chi connectivity index (χ0n) is 16.5. The van der Waals surface area contributed by atoms with Crippen LogP contribution in [0, 0.1) is 17.0 Å². The van der Waals surface area contributed by atoms with Gasteiger partial charge in [0.05, 0.1) is 29.1 Å². The van der Waals surface area contributed by atoms with Crippen LogP contribution in [0.3, 0.4) is 0 Å². The lowest BCUT2D eigenvalue weighted by Gasteiger charge is -1.97. The maximum Gasteiger partial charge on any atom is 0.301 e. The number of benzene rings is 2. The lowest BCUT2D eigenvalue weighted by molar-refractivity contribution is -0.384. The van der Waals surface area contributed by atoms with Gasteiger partial charge in [0.15, 0.2) is 5.69 Å². The molecule has 0 amide bonds. The lowest BCUT2D eigenvalue weighted by Crippen LogP contribution is -2.13. The number of nitro groups is 1. The van der Waals surface area contributed by atoms with Crippen LogP contribution in [0.15, 0.2) is 68.9 Å². The van der Waals surface area contributed by atoms with Gasteiger partial charge >= 0.3 is 5.56 Å². The largest absolute Gasteiger partial charge is 0.497 e. The summed E-state index contributed by atoms with van der Waals surface area (Å²) in [4.78, 5) is 27.8. The molecule has 0 saturated carbocycles. The normalized spacial score (nSPS) is 11.2. The number of thiazole rings is 1. The van der Waals surface area contributed by atoms with Gasteiger partial charge in [-0.05, 0) is 31.2 Å². The summed E-state index contributed by atoms with van der Waals surface area (Å²) in [5, 5.41) is 24.3. The van der Waals surface area contributed by atoms with E-state index in [1.54, 1.807) is 55.8 Å². The molecule has 2 aromatic heterocycles. The van der Waals surface area contributed by atoms with Crippen molar-refractivity contribution in [3.63, 3.8) is 0 Å². The molecule has 0 aliphatic rings. The standard InChI is InChI=1S/C20H16N6O4S/c1-12-18(23-22-14-6-8-16(30-2)9-7-14)19(27)25(24-12)20-21-17(11-31-20)13-4-3-5-15(10-13)26(28)29/h3-11,24H,1-2H3. The van der Waals surface area contributed by atoms with E-state index in [0.717, 1.165) is 0 Å². The van der Waals surface area contributed by atoms with E-state index >= 15 is 0 Å². The number of aromatic nitrogens is 3. The van der Waals surface area contributed by atoms with Crippen molar-refractivity contribution in [2.75, 3.05) is 7.11 Å². The van der Waals surface area contributed by atoms with Gasteiger partial charge in [0.2, 0.25) is 5.13 Å². The number of aromatic amines is 1. The number of nitrogens with one attached hydrogen (secondary N) is 1. The number of ether oxygens (including phenoxy) is 1. The molecule has 0 saturated heterocycles. The van der Waals surface area contributed by atoms with Gasteiger partial charge < -0.3 is 4.74 Å². The highest BCUT2D eigenvalue weighted by Crippen LogP contribution is 2.27. The molecule has 0 fully saturated rings. The molecule has 11 heteroatoms. The second-order valence-electron chi connectivity index (χ2n) is 6.45. The zero-order chi connectivity index (χ0) is 22.0. The minimum Gasteiger partial charge on any atom is -0.497 e. The topological polar surface area (TPSA) is 128 Å². The van der Waals surface area contributed by atoms with Gasteiger partial charge in [-0.2, -0.15) is 9.80 Å². The van der Waals surface area contributed by atoms with E-state index in [-0.39, 0.29) is 11.4 Å². The van der Waals surface area contributed by atoms with Crippen molar-refractivity contribution in [2.24, 2.45) is 10.2 Å². The molecule has 0 radical (unpaired) electrons. The number of aryl methyl sites for hydroxylation is 1. The van der Waals surface area contributed by atoms with Crippen molar-refractivity contribution >= 4 is 28.4 Å². The predicted molar refractivity (Wildman–Crippen MR) is 116 cm³/mol. The first-order valence-electron chi connectivity index (χ1n) is 9.04. The summed E-state index contributed by atoms with van der Waals surface area (Å²) in [6.07, 6.45) is 0. The Balaban J connectivity index is 1.63. The number of hydrogen-bond donors (Lipinski definition) is 1. The van der Waals surface area contributed by atoms with Crippen molar-refractivity contribution in [1.82, 2.24) is 14.8 Å². The van der Waals surface area contributed by atoms with Crippen LogP contribution in [-0.2, 0) is 0 Å². The molecule has 0 spiro atoms. The first-order valence-corrected chi connectivity index (χ1v) is 9.92. The molecule has 0 bridgehead atoms. The fraction of sp³-hybridized carbons (Fsp3) is 0.100. The number of methoxy groups -OCH3 is 1. The Hall–Kier alpha value is -4.12. The lowest BCUT2D eigenvalue weighted by atomic mass is 10.1. The Morgan fingerprint density at radius 3 is 2.68 bits per heavy atom. The molecule has 31 heavy (non-hydrogen) atoms. The molecule has 1 N–H and O–H groups in total. The van der Waals surface area contributed by atoms with Crippen molar-refractivity contribution in [2.45, 2.75) is 6.92 Å². The number of hydrogen-bond acceptors (Lipinski definition) is 8. The van der Waals surface area contributed by atoms with E-state index in [2.05, 4.69) is 20.3 Å². The molecule has 4 rings (SSSR count). The van der Waals surface area contributed by atoms with Gasteiger partial charge in [0.1, 0.15) is 5.75 Å². The number of non-ortho nitro benzene ring substituents is 1. The molecule has 0 unspecified atom stereocenters. The third-order valence-electron chi connectivity index (χ3n) is 4.41. The zero-order valence-corrected chi connectivity index (χ0v) is 17.3. The quantitative estimate of drug-likeness (QED) is 0.260. The minimum atomic E-state index is -0.463. The van der Waals surface area contributed by atoms with Gasteiger partial charge in [0, 0.05) is 23.1 Å². The molecule has 10 nitrogen and oxygen atoms in total. The average Bonchev–Trinajstić information content (AvgIpc) is 3.37. The maximum absolute atomic E-state index is 12.8. The Kier molecular flexibility index (Phi) is 5.41. The molecule has 0 aliphatic carbocycles. The second kappa shape index (κ2) is 8.32. The molecule has 0 atom stereocenters. The van der Waals surface area contributed by atoms with Crippen LogP contribution in [0.1, 0.15) is 5.69 Å². The van der Waals surface area contributed by atoms with E-state index in [4.69, 9.17) is 4.74 Å². The van der Waals surface area contributed by atoms with E-state index in [0.29, 0.717) is 33.5 Å². The van der Waals surface area contributed by atoms with Gasteiger partial charge in [0.25, 0.3) is 5.69 Å². The van der Waals surface area contributed by atoms with Crippen LogP contribution in [0.4, 0.5) is 17.1 Å². The van der Waals surface area contributed by atoms with Crippen molar-refractivity contribution in [3.8, 4) is 22.1 Å². The van der Waals surface area contributed by atoms with E-state index < -0.39 is 10.5 Å². The number of H-pyrrole nitrogens is 1. The summed E-state index contributed by atoms with van der Waals surface area (Å²) in [5.74, 6) is 0.697. The van der Waals surface area contributed by atoms with E-state index in [9.17, 15) is 14.9 Å². The summed E-state index contributed by atoms with van der Waals surface area (Å²) < 4.78 is 6.39. The minimum absolute atomic E-state index is 0.0267. The number of nitrogens with zero attached hydrogens (tertiary/aromatic N) is 5. The summed E-state index contributed by atoms with van der Waals surface area (Å²) in [6.45, 7) is 1.72. The van der Waals surface area contributed by atoms with Crippen LogP contribution in [0.2, 0.25) is 0 Å². The Morgan fingerprint density at radius 1 is 1.19 bits per heavy atom. The van der Waals surface area contributed by atoms with Gasteiger partial charge in [-0.1, -0.05) is 12.1 Å². The van der Waals surface area contributed by atoms with Crippen molar-refractivity contribution in [1.29, 1.82) is 0 Å². The van der Waals surface area contributed by atoms with E-state index in [1.165, 1.54) is 28.2 Å². The third-order valence-corrected chi connectivity index (χ3v) is 5.24. The van der Waals surface area contributed by atoms with Crippen LogP contribution >= 0.6 is 11.3 Å². The van der Waals surface area contributed by atoms with Crippen LogP contribution in [-0.4, -0.2) is 26.8 Å². The fourth-order valence-electron chi connectivity index (χ4n) is 2.83. The van der Waals surface area contributed by atoms with Gasteiger partial charge in [-0.25, -0.2) is 4.98 Å². The van der Waals surface area contributed by atoms with Crippen molar-refractivity contribution in [3.05, 3.63) is 80.1 Å². The Bertz CT molecular complexity index is 1340. The second-order valence-corrected chi connectivity index (χ2v) is 7.28. The van der Waals surface area contributed by atoms with Gasteiger partial charge in [-0.15, -0.1) is 16.5 Å². The average molecular weight is 436 g/mol. The first kappa shape index (κ1) is 20.2. The molecular weight excluding hydrogens is 420 g/mol. The fourth-order valence-corrected chi connectivity index (χ4v) is 3.62. The number of rotatable bonds is 6. The number of azo groups is 1.